The van der Waals surface area contributed by atoms with E-state index < -0.39 is 0 Å². The van der Waals surface area contributed by atoms with Crippen LogP contribution in [0.25, 0.3) is 22.2 Å². The molecule has 4 rings (SSSR count). The van der Waals surface area contributed by atoms with E-state index in [0.717, 1.165) is 39.9 Å². The van der Waals surface area contributed by atoms with Crippen LogP contribution in [0.2, 0.25) is 5.02 Å². The largest absolute Gasteiger partial charge is 0.487 e. The Kier molecular flexibility index (Phi) is 3.25. The fourth-order valence-electron chi connectivity index (χ4n) is 2.89. The number of para-hydroxylation sites is 1. The van der Waals surface area contributed by atoms with Gasteiger partial charge in [-0.1, -0.05) is 35.9 Å². The number of pyridine rings is 1. The Bertz CT molecular complexity index is 863. The summed E-state index contributed by atoms with van der Waals surface area (Å²) in [4.78, 5) is 4.73. The van der Waals surface area contributed by atoms with Gasteiger partial charge in [0, 0.05) is 29.5 Å². The Labute approximate surface area is 133 Å². The van der Waals surface area contributed by atoms with Crippen LogP contribution in [0.3, 0.4) is 0 Å². The lowest BCUT2D eigenvalue weighted by atomic mass is 10.0. The topological polar surface area (TPSA) is 48.1 Å². The standard InChI is InChI=1S/C18H15ClN2O/c19-15-9-12(7-13-8-14(10-20)22-18(13)15)17-6-5-11-3-1-2-4-16(11)21-17/h1-7,9,14H,8,10,20H2. The number of halogens is 1. The Hall–Kier alpha value is -2.10. The summed E-state index contributed by atoms with van der Waals surface area (Å²) in [6.07, 6.45) is 0.819. The monoisotopic (exact) mass is 310 g/mol. The van der Waals surface area contributed by atoms with Gasteiger partial charge in [0.1, 0.15) is 11.9 Å². The van der Waals surface area contributed by atoms with Crippen molar-refractivity contribution in [2.24, 2.45) is 5.73 Å². The van der Waals surface area contributed by atoms with E-state index in [2.05, 4.69) is 18.2 Å². The number of rotatable bonds is 2. The second-order valence-electron chi connectivity index (χ2n) is 5.52. The lowest BCUT2D eigenvalue weighted by Gasteiger charge is -2.08. The van der Waals surface area contributed by atoms with E-state index in [1.807, 2.05) is 30.3 Å². The molecule has 0 amide bonds. The number of nitrogens with two attached hydrogens (primary N) is 1. The van der Waals surface area contributed by atoms with E-state index >= 15 is 0 Å². The third-order valence-corrected chi connectivity index (χ3v) is 4.29. The molecule has 0 saturated heterocycles. The summed E-state index contributed by atoms with van der Waals surface area (Å²) < 4.78 is 5.77. The highest BCUT2D eigenvalue weighted by Crippen LogP contribution is 2.39. The van der Waals surface area contributed by atoms with Gasteiger partial charge in [-0.2, -0.15) is 0 Å². The second-order valence-corrected chi connectivity index (χ2v) is 5.92. The van der Waals surface area contributed by atoms with Crippen LogP contribution in [0.4, 0.5) is 0 Å². The molecule has 1 atom stereocenters. The minimum atomic E-state index is 0.0207. The highest BCUT2D eigenvalue weighted by atomic mass is 35.5. The maximum absolute atomic E-state index is 6.37. The summed E-state index contributed by atoms with van der Waals surface area (Å²) in [6.45, 7) is 0.495. The summed E-state index contributed by atoms with van der Waals surface area (Å²) in [5.41, 5.74) is 9.70. The fraction of sp³-hybridized carbons (Fsp3) is 0.167. The van der Waals surface area contributed by atoms with Crippen LogP contribution in [0, 0.1) is 0 Å². The van der Waals surface area contributed by atoms with Crippen molar-refractivity contribution in [1.29, 1.82) is 0 Å². The van der Waals surface area contributed by atoms with Gasteiger partial charge in [0.2, 0.25) is 0 Å². The normalized spacial score (nSPS) is 16.5. The van der Waals surface area contributed by atoms with E-state index in [-0.39, 0.29) is 6.10 Å². The van der Waals surface area contributed by atoms with E-state index in [9.17, 15) is 0 Å². The van der Waals surface area contributed by atoms with Crippen molar-refractivity contribution < 1.29 is 4.74 Å². The van der Waals surface area contributed by atoms with Crippen molar-refractivity contribution in [2.45, 2.75) is 12.5 Å². The number of aromatic nitrogens is 1. The van der Waals surface area contributed by atoms with E-state index in [1.54, 1.807) is 0 Å². The highest BCUT2D eigenvalue weighted by Gasteiger charge is 2.25. The molecule has 1 aromatic heterocycles. The van der Waals surface area contributed by atoms with Crippen LogP contribution in [0.5, 0.6) is 5.75 Å². The van der Waals surface area contributed by atoms with Crippen LogP contribution in [-0.4, -0.2) is 17.6 Å². The van der Waals surface area contributed by atoms with Crippen molar-refractivity contribution in [1.82, 2.24) is 4.98 Å². The van der Waals surface area contributed by atoms with Crippen molar-refractivity contribution >= 4 is 22.5 Å². The maximum atomic E-state index is 6.37. The number of nitrogens with zero attached hydrogens (tertiary/aromatic N) is 1. The summed E-state index contributed by atoms with van der Waals surface area (Å²) in [6, 6.07) is 16.2. The fourth-order valence-corrected chi connectivity index (χ4v) is 3.18. The molecular weight excluding hydrogens is 296 g/mol. The third kappa shape index (κ3) is 2.23. The first-order valence-corrected chi connectivity index (χ1v) is 7.68. The van der Waals surface area contributed by atoms with E-state index in [4.69, 9.17) is 27.1 Å². The molecule has 4 heteroatoms. The first-order chi connectivity index (χ1) is 10.7. The predicted octanol–water partition coefficient (Wildman–Crippen LogP) is 3.82. The molecule has 3 aromatic rings. The lowest BCUT2D eigenvalue weighted by Crippen LogP contribution is -2.24. The zero-order chi connectivity index (χ0) is 15.1. The van der Waals surface area contributed by atoms with Crippen molar-refractivity contribution in [3.63, 3.8) is 0 Å². The van der Waals surface area contributed by atoms with Gasteiger partial charge >= 0.3 is 0 Å². The quantitative estimate of drug-likeness (QED) is 0.783. The first kappa shape index (κ1) is 13.6. The van der Waals surface area contributed by atoms with E-state index in [1.165, 1.54) is 0 Å². The first-order valence-electron chi connectivity index (χ1n) is 7.30. The average Bonchev–Trinajstić information content (AvgIpc) is 2.98. The van der Waals surface area contributed by atoms with Gasteiger partial charge in [-0.25, -0.2) is 4.98 Å². The second kappa shape index (κ2) is 5.27. The number of fused-ring (bicyclic) bond motifs is 2. The van der Waals surface area contributed by atoms with Crippen LogP contribution in [-0.2, 0) is 6.42 Å². The van der Waals surface area contributed by atoms with Crippen LogP contribution >= 0.6 is 11.6 Å². The zero-order valence-electron chi connectivity index (χ0n) is 11.9. The molecule has 3 nitrogen and oxygen atoms in total. The third-order valence-electron chi connectivity index (χ3n) is 4.01. The lowest BCUT2D eigenvalue weighted by molar-refractivity contribution is 0.241. The molecule has 0 aliphatic carbocycles. The van der Waals surface area contributed by atoms with Crippen LogP contribution in [0.1, 0.15) is 5.56 Å². The molecule has 110 valence electrons. The van der Waals surface area contributed by atoms with Gasteiger partial charge in [0.05, 0.1) is 16.2 Å². The van der Waals surface area contributed by atoms with Crippen LogP contribution < -0.4 is 10.5 Å². The minimum absolute atomic E-state index is 0.0207. The molecule has 0 fully saturated rings. The average molecular weight is 311 g/mol. The number of ether oxygens (including phenoxy) is 1. The molecule has 0 spiro atoms. The minimum Gasteiger partial charge on any atom is -0.487 e. The summed E-state index contributed by atoms with van der Waals surface area (Å²) >= 11 is 6.37. The van der Waals surface area contributed by atoms with E-state index in [0.29, 0.717) is 11.6 Å². The predicted molar refractivity (Wildman–Crippen MR) is 89.4 cm³/mol. The molecule has 1 aliphatic rings. The Balaban J connectivity index is 1.81. The van der Waals surface area contributed by atoms with Crippen molar-refractivity contribution in [3.8, 4) is 17.0 Å². The van der Waals surface area contributed by atoms with Gasteiger partial charge in [0.25, 0.3) is 0 Å². The molecule has 0 bridgehead atoms. The Morgan fingerprint density at radius 2 is 2.05 bits per heavy atom. The molecule has 1 unspecified atom stereocenters. The van der Waals surface area contributed by atoms with Gasteiger partial charge in [-0.05, 0) is 24.3 Å². The number of hydrogen-bond donors (Lipinski definition) is 1. The van der Waals surface area contributed by atoms with Crippen molar-refractivity contribution in [3.05, 3.63) is 59.1 Å². The highest BCUT2D eigenvalue weighted by molar-refractivity contribution is 6.32. The number of hydrogen-bond acceptors (Lipinski definition) is 3. The molecule has 0 radical (unpaired) electrons. The Morgan fingerprint density at radius 3 is 2.91 bits per heavy atom. The molecule has 22 heavy (non-hydrogen) atoms. The SMILES string of the molecule is NCC1Cc2cc(-c3ccc4ccccc4n3)cc(Cl)c2O1. The maximum Gasteiger partial charge on any atom is 0.141 e. The molecule has 1 aliphatic heterocycles. The Morgan fingerprint density at radius 1 is 1.18 bits per heavy atom. The summed E-state index contributed by atoms with van der Waals surface area (Å²) in [5, 5.41) is 1.75. The van der Waals surface area contributed by atoms with Gasteiger partial charge < -0.3 is 10.5 Å². The van der Waals surface area contributed by atoms with Crippen molar-refractivity contribution in [2.75, 3.05) is 6.54 Å². The molecular formula is C18H15ClN2O. The molecule has 2 heterocycles. The molecule has 2 aromatic carbocycles. The molecule has 0 saturated carbocycles. The summed E-state index contributed by atoms with van der Waals surface area (Å²) in [5.74, 6) is 0.765. The van der Waals surface area contributed by atoms with Crippen LogP contribution in [0.15, 0.2) is 48.5 Å². The zero-order valence-corrected chi connectivity index (χ0v) is 12.7. The number of benzene rings is 2. The molecule has 2 N–H and O–H groups in total. The van der Waals surface area contributed by atoms with Gasteiger partial charge in [-0.15, -0.1) is 0 Å². The van der Waals surface area contributed by atoms with Gasteiger partial charge in [-0.3, -0.25) is 0 Å². The summed E-state index contributed by atoms with van der Waals surface area (Å²) in [7, 11) is 0. The smallest absolute Gasteiger partial charge is 0.141 e. The van der Waals surface area contributed by atoms with Gasteiger partial charge in [0.15, 0.2) is 0 Å².